The largest absolute Gasteiger partial charge is 0.419 e. The molecule has 1 saturated heterocycles. The van der Waals surface area contributed by atoms with Gasteiger partial charge in [-0.2, -0.15) is 18.4 Å². The zero-order valence-corrected chi connectivity index (χ0v) is 21.0. The Kier molecular flexibility index (Phi) is 6.45. The Morgan fingerprint density at radius 2 is 1.55 bits per heavy atom. The first-order valence-corrected chi connectivity index (χ1v) is 12.2. The van der Waals surface area contributed by atoms with Gasteiger partial charge in [0.25, 0.3) is 0 Å². The molecule has 0 amide bonds. The van der Waals surface area contributed by atoms with Crippen LogP contribution >= 0.6 is 0 Å². The molecule has 0 aliphatic carbocycles. The van der Waals surface area contributed by atoms with Crippen molar-refractivity contribution >= 4 is 22.4 Å². The van der Waals surface area contributed by atoms with Crippen LogP contribution in [0.3, 0.4) is 0 Å². The van der Waals surface area contributed by atoms with E-state index in [-0.39, 0.29) is 16.6 Å². The molecule has 0 saturated carbocycles. The summed E-state index contributed by atoms with van der Waals surface area (Å²) in [5.41, 5.74) is 1.07. The van der Waals surface area contributed by atoms with Crippen molar-refractivity contribution in [2.45, 2.75) is 25.6 Å². The average molecular weight is 518 g/mol. The van der Waals surface area contributed by atoms with Crippen molar-refractivity contribution in [3.8, 4) is 17.2 Å². The number of fused-ring (bicyclic) bond motifs is 1. The molecule has 0 bridgehead atoms. The van der Waals surface area contributed by atoms with Crippen LogP contribution in [0.5, 0.6) is 0 Å². The number of halogens is 3. The van der Waals surface area contributed by atoms with E-state index in [4.69, 9.17) is 5.26 Å². The zero-order valence-electron chi connectivity index (χ0n) is 21.0. The van der Waals surface area contributed by atoms with Gasteiger partial charge in [-0.15, -0.1) is 0 Å². The molecule has 6 nitrogen and oxygen atoms in total. The summed E-state index contributed by atoms with van der Waals surface area (Å²) in [5, 5.41) is 19.3. The summed E-state index contributed by atoms with van der Waals surface area (Å²) in [6.07, 6.45) is -1.63. The normalized spacial score (nSPS) is 14.6. The number of piperazine rings is 1. The van der Waals surface area contributed by atoms with Gasteiger partial charge in [-0.3, -0.25) is 4.98 Å². The van der Waals surface area contributed by atoms with E-state index in [9.17, 15) is 18.3 Å². The lowest BCUT2D eigenvalue weighted by molar-refractivity contribution is -0.135. The van der Waals surface area contributed by atoms with Crippen molar-refractivity contribution in [3.63, 3.8) is 0 Å². The highest BCUT2D eigenvalue weighted by Crippen LogP contribution is 2.43. The number of pyridine rings is 2. The van der Waals surface area contributed by atoms with E-state index in [2.05, 4.69) is 16.0 Å². The zero-order chi connectivity index (χ0) is 27.1. The number of anilines is 2. The molecule has 9 heteroatoms. The summed E-state index contributed by atoms with van der Waals surface area (Å²) in [6.45, 7) is 5.11. The first-order valence-electron chi connectivity index (χ1n) is 12.2. The van der Waals surface area contributed by atoms with Gasteiger partial charge in [0.2, 0.25) is 0 Å². The van der Waals surface area contributed by atoms with E-state index in [1.807, 2.05) is 17.0 Å². The molecule has 38 heavy (non-hydrogen) atoms. The number of alkyl halides is 3. The Morgan fingerprint density at radius 3 is 2.13 bits per heavy atom. The van der Waals surface area contributed by atoms with E-state index >= 15 is 0 Å². The Hall–Kier alpha value is -4.16. The fourth-order valence-electron chi connectivity index (χ4n) is 4.82. The van der Waals surface area contributed by atoms with Crippen LogP contribution < -0.4 is 9.80 Å². The van der Waals surface area contributed by atoms with Gasteiger partial charge in [-0.25, -0.2) is 4.98 Å². The van der Waals surface area contributed by atoms with Crippen LogP contribution in [0.1, 0.15) is 30.5 Å². The van der Waals surface area contributed by atoms with Crippen molar-refractivity contribution in [3.05, 3.63) is 83.7 Å². The molecule has 2 aromatic carbocycles. The SMILES string of the molecule is CC(C)(O)c1ccc(N2CCN(c3cnc4c(-c5ccc(C#N)cc5)cccc4c3C(F)(F)F)CC2)nc1. The van der Waals surface area contributed by atoms with Crippen LogP contribution in [0.25, 0.3) is 22.0 Å². The maximum Gasteiger partial charge on any atom is 0.419 e. The Morgan fingerprint density at radius 1 is 0.868 bits per heavy atom. The summed E-state index contributed by atoms with van der Waals surface area (Å²) in [6, 6.07) is 17.2. The second-order valence-corrected chi connectivity index (χ2v) is 9.85. The van der Waals surface area contributed by atoms with Crippen LogP contribution in [0.2, 0.25) is 0 Å². The molecule has 0 unspecified atom stereocenters. The van der Waals surface area contributed by atoms with Gasteiger partial charge in [0, 0.05) is 48.9 Å². The highest BCUT2D eigenvalue weighted by molar-refractivity contribution is 5.98. The molecule has 1 fully saturated rings. The Balaban J connectivity index is 1.46. The van der Waals surface area contributed by atoms with E-state index in [1.165, 1.54) is 12.3 Å². The predicted octanol–water partition coefficient (Wildman–Crippen LogP) is 5.74. The highest BCUT2D eigenvalue weighted by Gasteiger charge is 2.38. The van der Waals surface area contributed by atoms with Crippen molar-refractivity contribution in [2.24, 2.45) is 0 Å². The van der Waals surface area contributed by atoms with E-state index in [1.54, 1.807) is 61.3 Å². The molecule has 1 aliphatic heterocycles. The number of nitrogens with zero attached hydrogens (tertiary/aromatic N) is 5. The lowest BCUT2D eigenvalue weighted by Crippen LogP contribution is -2.47. The van der Waals surface area contributed by atoms with Crippen LogP contribution in [-0.2, 0) is 11.8 Å². The maximum atomic E-state index is 14.5. The lowest BCUT2D eigenvalue weighted by Gasteiger charge is -2.37. The van der Waals surface area contributed by atoms with E-state index < -0.39 is 17.3 Å². The summed E-state index contributed by atoms with van der Waals surface area (Å²) in [7, 11) is 0. The van der Waals surface area contributed by atoms with Crippen LogP contribution in [-0.4, -0.2) is 41.3 Å². The Labute approximate surface area is 218 Å². The first-order chi connectivity index (χ1) is 18.1. The third-order valence-electron chi connectivity index (χ3n) is 6.88. The number of nitriles is 1. The molecule has 2 aromatic heterocycles. The number of para-hydroxylation sites is 1. The minimum Gasteiger partial charge on any atom is -0.386 e. The molecule has 4 aromatic rings. The standard InChI is InChI=1S/C29H26F3N5O/c1-28(2,38)21-10-11-25(34-17-21)37-14-12-36(13-15-37)24-18-35-27-22(20-8-6-19(16-33)7-9-20)4-3-5-23(27)26(24)29(30,31)32/h3-11,17-18,38H,12-15H2,1-2H3. The molecular weight excluding hydrogens is 491 g/mol. The lowest BCUT2D eigenvalue weighted by atomic mass is 9.97. The number of hydrogen-bond acceptors (Lipinski definition) is 6. The van der Waals surface area contributed by atoms with Crippen molar-refractivity contribution in [1.29, 1.82) is 5.26 Å². The molecule has 0 spiro atoms. The first kappa shape index (κ1) is 25.5. The van der Waals surface area contributed by atoms with Crippen LogP contribution in [0.15, 0.2) is 67.0 Å². The minimum absolute atomic E-state index is 0.0446. The van der Waals surface area contributed by atoms with Gasteiger partial charge in [0.15, 0.2) is 0 Å². The van der Waals surface area contributed by atoms with Gasteiger partial charge in [0.1, 0.15) is 5.82 Å². The number of hydrogen-bond donors (Lipinski definition) is 1. The number of aliphatic hydroxyl groups is 1. The number of rotatable bonds is 4. The third kappa shape index (κ3) is 4.87. The van der Waals surface area contributed by atoms with Gasteiger partial charge in [-0.1, -0.05) is 36.4 Å². The molecule has 3 heterocycles. The van der Waals surface area contributed by atoms with Gasteiger partial charge in [-0.05, 0) is 37.6 Å². The average Bonchev–Trinajstić information content (AvgIpc) is 2.91. The summed E-state index contributed by atoms with van der Waals surface area (Å²) < 4.78 is 43.5. The van der Waals surface area contributed by atoms with Crippen LogP contribution in [0, 0.1) is 11.3 Å². The van der Waals surface area contributed by atoms with Gasteiger partial charge >= 0.3 is 6.18 Å². The smallest absolute Gasteiger partial charge is 0.386 e. The van der Waals surface area contributed by atoms with Crippen LogP contribution in [0.4, 0.5) is 24.7 Å². The van der Waals surface area contributed by atoms with E-state index in [0.717, 1.165) is 5.82 Å². The van der Waals surface area contributed by atoms with E-state index in [0.29, 0.717) is 48.4 Å². The summed E-state index contributed by atoms with van der Waals surface area (Å²) >= 11 is 0. The van der Waals surface area contributed by atoms with Crippen molar-refractivity contribution in [2.75, 3.05) is 36.0 Å². The van der Waals surface area contributed by atoms with Gasteiger partial charge in [0.05, 0.1) is 40.2 Å². The molecule has 1 aliphatic rings. The monoisotopic (exact) mass is 517 g/mol. The van der Waals surface area contributed by atoms with Gasteiger partial charge < -0.3 is 14.9 Å². The summed E-state index contributed by atoms with van der Waals surface area (Å²) in [4.78, 5) is 12.7. The number of benzene rings is 2. The molecular formula is C29H26F3N5O. The third-order valence-corrected chi connectivity index (χ3v) is 6.88. The second kappa shape index (κ2) is 9.62. The molecule has 0 atom stereocenters. The molecule has 0 radical (unpaired) electrons. The summed E-state index contributed by atoms with van der Waals surface area (Å²) in [5.74, 6) is 0.720. The molecule has 1 N–H and O–H groups in total. The topological polar surface area (TPSA) is 76.3 Å². The van der Waals surface area contributed by atoms with Crippen molar-refractivity contribution in [1.82, 2.24) is 9.97 Å². The quantitative estimate of drug-likeness (QED) is 0.372. The Bertz CT molecular complexity index is 1500. The second-order valence-electron chi connectivity index (χ2n) is 9.85. The maximum absolute atomic E-state index is 14.5. The fourth-order valence-corrected chi connectivity index (χ4v) is 4.82. The molecule has 194 valence electrons. The fraction of sp³-hybridized carbons (Fsp3) is 0.276. The predicted molar refractivity (Wildman–Crippen MR) is 141 cm³/mol. The highest BCUT2D eigenvalue weighted by atomic mass is 19.4. The number of aromatic nitrogens is 2. The minimum atomic E-state index is -4.58. The molecule has 5 rings (SSSR count). The van der Waals surface area contributed by atoms with Crippen molar-refractivity contribution < 1.29 is 18.3 Å².